The SMILES string of the molecule is COc1ccc(NS(=O)(=O)c2cc3oc(=O)n(C)c3cc2C)cc1Cl. The molecule has 0 amide bonds. The highest BCUT2D eigenvalue weighted by Crippen LogP contribution is 2.29. The molecule has 0 bridgehead atoms. The van der Waals surface area contributed by atoms with E-state index in [2.05, 4.69) is 4.72 Å². The maximum atomic E-state index is 12.7. The third kappa shape index (κ3) is 3.10. The fourth-order valence-electron chi connectivity index (χ4n) is 2.49. The number of aromatic nitrogens is 1. The van der Waals surface area contributed by atoms with Crippen molar-refractivity contribution in [2.24, 2.45) is 7.05 Å². The number of nitrogens with zero attached hydrogens (tertiary/aromatic N) is 1. The zero-order valence-electron chi connectivity index (χ0n) is 13.7. The second kappa shape index (κ2) is 6.12. The molecular weight excluding hydrogens is 368 g/mol. The van der Waals surface area contributed by atoms with E-state index in [0.29, 0.717) is 22.5 Å². The van der Waals surface area contributed by atoms with Gasteiger partial charge in [0.15, 0.2) is 5.58 Å². The summed E-state index contributed by atoms with van der Waals surface area (Å²) in [6, 6.07) is 7.48. The number of rotatable bonds is 4. The minimum absolute atomic E-state index is 0.0151. The van der Waals surface area contributed by atoms with E-state index in [1.165, 1.54) is 23.8 Å². The van der Waals surface area contributed by atoms with Gasteiger partial charge in [-0.3, -0.25) is 9.29 Å². The summed E-state index contributed by atoms with van der Waals surface area (Å²) in [5.41, 5.74) is 1.50. The molecule has 1 aromatic heterocycles. The van der Waals surface area contributed by atoms with E-state index in [-0.39, 0.29) is 15.5 Å². The Morgan fingerprint density at radius 1 is 1.24 bits per heavy atom. The van der Waals surface area contributed by atoms with Crippen molar-refractivity contribution >= 4 is 38.4 Å². The normalized spacial score (nSPS) is 11.7. The van der Waals surface area contributed by atoms with Crippen molar-refractivity contribution in [1.29, 1.82) is 0 Å². The molecule has 0 aliphatic carbocycles. The number of benzene rings is 2. The first-order chi connectivity index (χ1) is 11.7. The molecular formula is C16H15ClN2O5S. The summed E-state index contributed by atoms with van der Waals surface area (Å²) in [7, 11) is -0.872. The highest BCUT2D eigenvalue weighted by molar-refractivity contribution is 7.92. The Labute approximate surface area is 148 Å². The number of nitrogens with one attached hydrogen (secondary N) is 1. The quantitative estimate of drug-likeness (QED) is 0.749. The van der Waals surface area contributed by atoms with Gasteiger partial charge in [0, 0.05) is 13.1 Å². The zero-order chi connectivity index (χ0) is 18.4. The van der Waals surface area contributed by atoms with E-state index < -0.39 is 15.8 Å². The Morgan fingerprint density at radius 3 is 2.60 bits per heavy atom. The number of hydrogen-bond donors (Lipinski definition) is 1. The van der Waals surface area contributed by atoms with Crippen molar-refractivity contribution in [3.05, 3.63) is 51.5 Å². The van der Waals surface area contributed by atoms with Gasteiger partial charge in [0.1, 0.15) is 5.75 Å². The van der Waals surface area contributed by atoms with Crippen molar-refractivity contribution in [2.75, 3.05) is 11.8 Å². The Bertz CT molecular complexity index is 1130. The third-order valence-corrected chi connectivity index (χ3v) is 5.60. The Balaban J connectivity index is 2.05. The van der Waals surface area contributed by atoms with Gasteiger partial charge < -0.3 is 9.15 Å². The van der Waals surface area contributed by atoms with Crippen molar-refractivity contribution in [3.63, 3.8) is 0 Å². The van der Waals surface area contributed by atoms with Gasteiger partial charge in [-0.1, -0.05) is 11.6 Å². The fourth-order valence-corrected chi connectivity index (χ4v) is 4.04. The summed E-state index contributed by atoms with van der Waals surface area (Å²) in [4.78, 5) is 11.6. The Hall–Kier alpha value is -2.45. The molecule has 25 heavy (non-hydrogen) atoms. The molecule has 1 N–H and O–H groups in total. The largest absolute Gasteiger partial charge is 0.495 e. The van der Waals surface area contributed by atoms with Crippen molar-refractivity contribution in [2.45, 2.75) is 11.8 Å². The van der Waals surface area contributed by atoms with E-state index in [1.807, 2.05) is 0 Å². The predicted molar refractivity (Wildman–Crippen MR) is 95.0 cm³/mol. The van der Waals surface area contributed by atoms with Crippen LogP contribution in [0.25, 0.3) is 11.1 Å². The molecule has 132 valence electrons. The molecule has 0 spiro atoms. The molecule has 0 saturated heterocycles. The van der Waals surface area contributed by atoms with Crippen molar-refractivity contribution in [1.82, 2.24) is 4.57 Å². The van der Waals surface area contributed by atoms with Crippen LogP contribution in [0, 0.1) is 6.92 Å². The number of hydrogen-bond acceptors (Lipinski definition) is 5. The van der Waals surface area contributed by atoms with E-state index >= 15 is 0 Å². The van der Waals surface area contributed by atoms with Crippen LogP contribution in [0.1, 0.15) is 5.56 Å². The molecule has 1 heterocycles. The van der Waals surface area contributed by atoms with Crippen LogP contribution in [-0.2, 0) is 17.1 Å². The molecule has 0 atom stereocenters. The smallest absolute Gasteiger partial charge is 0.419 e. The van der Waals surface area contributed by atoms with Crippen LogP contribution in [-0.4, -0.2) is 20.1 Å². The first-order valence-corrected chi connectivity index (χ1v) is 9.05. The molecule has 0 fully saturated rings. The maximum Gasteiger partial charge on any atom is 0.419 e. The number of aryl methyl sites for hydroxylation is 2. The third-order valence-electron chi connectivity index (χ3n) is 3.78. The lowest BCUT2D eigenvalue weighted by atomic mass is 10.2. The standard InChI is InChI=1S/C16H15ClN2O5S/c1-9-6-12-14(24-16(20)19(12)2)8-15(9)25(21,22)18-10-4-5-13(23-3)11(17)7-10/h4-8,18H,1-3H3. The van der Waals surface area contributed by atoms with Crippen molar-refractivity contribution in [3.8, 4) is 5.75 Å². The average molecular weight is 383 g/mol. The van der Waals surface area contributed by atoms with E-state index in [9.17, 15) is 13.2 Å². The highest BCUT2D eigenvalue weighted by Gasteiger charge is 2.20. The van der Waals surface area contributed by atoms with Crippen LogP contribution >= 0.6 is 11.6 Å². The van der Waals surface area contributed by atoms with Gasteiger partial charge in [-0.05, 0) is 36.8 Å². The summed E-state index contributed by atoms with van der Waals surface area (Å²) in [5, 5.41) is 0.281. The number of oxazole rings is 1. The summed E-state index contributed by atoms with van der Waals surface area (Å²) < 4.78 is 39.3. The van der Waals surface area contributed by atoms with Crippen LogP contribution in [0.4, 0.5) is 5.69 Å². The molecule has 3 aromatic rings. The number of ether oxygens (including phenoxy) is 1. The lowest BCUT2D eigenvalue weighted by Gasteiger charge is -2.12. The molecule has 0 aliphatic rings. The lowest BCUT2D eigenvalue weighted by Crippen LogP contribution is -2.14. The first kappa shape index (κ1) is 17.4. The van der Waals surface area contributed by atoms with Gasteiger partial charge >= 0.3 is 5.76 Å². The lowest BCUT2D eigenvalue weighted by molar-refractivity contribution is 0.415. The number of anilines is 1. The minimum Gasteiger partial charge on any atom is -0.495 e. The molecule has 0 aliphatic heterocycles. The average Bonchev–Trinajstić information content (AvgIpc) is 2.81. The van der Waals surface area contributed by atoms with Crippen LogP contribution < -0.4 is 15.2 Å². The summed E-state index contributed by atoms with van der Waals surface area (Å²) in [5.74, 6) is -0.118. The predicted octanol–water partition coefficient (Wildman–Crippen LogP) is 2.90. The summed E-state index contributed by atoms with van der Waals surface area (Å²) in [6.45, 7) is 1.65. The van der Waals surface area contributed by atoms with Crippen molar-refractivity contribution < 1.29 is 17.6 Å². The molecule has 7 nitrogen and oxygen atoms in total. The van der Waals surface area contributed by atoms with E-state index in [4.69, 9.17) is 20.8 Å². The van der Waals surface area contributed by atoms with E-state index in [1.54, 1.807) is 32.2 Å². The second-order valence-corrected chi connectivity index (χ2v) is 7.53. The monoisotopic (exact) mass is 382 g/mol. The maximum absolute atomic E-state index is 12.7. The van der Waals surface area contributed by atoms with Crippen LogP contribution in [0.2, 0.25) is 5.02 Å². The highest BCUT2D eigenvalue weighted by atomic mass is 35.5. The van der Waals surface area contributed by atoms with Gasteiger partial charge in [0.2, 0.25) is 0 Å². The van der Waals surface area contributed by atoms with Gasteiger partial charge in [-0.2, -0.15) is 0 Å². The van der Waals surface area contributed by atoms with Gasteiger partial charge in [-0.15, -0.1) is 0 Å². The Morgan fingerprint density at radius 2 is 1.96 bits per heavy atom. The second-order valence-electron chi connectivity index (χ2n) is 5.47. The van der Waals surface area contributed by atoms with Crippen LogP contribution in [0.5, 0.6) is 5.75 Å². The minimum atomic E-state index is -3.90. The molecule has 9 heteroatoms. The number of methoxy groups -OCH3 is 1. The van der Waals surface area contributed by atoms with E-state index in [0.717, 1.165) is 0 Å². The molecule has 2 aromatic carbocycles. The summed E-state index contributed by atoms with van der Waals surface area (Å²) >= 11 is 6.02. The Kier molecular flexibility index (Phi) is 4.26. The van der Waals surface area contributed by atoms with Gasteiger partial charge in [0.25, 0.3) is 10.0 Å². The molecule has 0 unspecified atom stereocenters. The summed E-state index contributed by atoms with van der Waals surface area (Å²) in [6.07, 6.45) is 0. The van der Waals surface area contributed by atoms with Crippen LogP contribution in [0.15, 0.2) is 44.4 Å². The molecule has 0 radical (unpaired) electrons. The molecule has 3 rings (SSSR count). The zero-order valence-corrected chi connectivity index (χ0v) is 15.2. The van der Waals surface area contributed by atoms with Crippen LogP contribution in [0.3, 0.4) is 0 Å². The topological polar surface area (TPSA) is 90.5 Å². The number of fused-ring (bicyclic) bond motifs is 1. The molecule has 0 saturated carbocycles. The fraction of sp³-hybridized carbons (Fsp3) is 0.188. The number of sulfonamides is 1. The van der Waals surface area contributed by atoms with Gasteiger partial charge in [-0.25, -0.2) is 13.2 Å². The number of halogens is 1. The van der Waals surface area contributed by atoms with Gasteiger partial charge in [0.05, 0.1) is 28.2 Å². The first-order valence-electron chi connectivity index (χ1n) is 7.19.